The van der Waals surface area contributed by atoms with Gasteiger partial charge in [0.2, 0.25) is 0 Å². The van der Waals surface area contributed by atoms with Crippen molar-refractivity contribution in [2.24, 2.45) is 0 Å². The predicted molar refractivity (Wildman–Crippen MR) is 98.4 cm³/mol. The highest BCUT2D eigenvalue weighted by Gasteiger charge is 2.24. The molecule has 0 unspecified atom stereocenters. The minimum absolute atomic E-state index is 0.243. The van der Waals surface area contributed by atoms with Crippen LogP contribution in [-0.4, -0.2) is 19.5 Å². The number of nitrogens with zero attached hydrogens (tertiary/aromatic N) is 4. The second-order valence-corrected chi connectivity index (χ2v) is 6.82. The molecule has 0 aliphatic carbocycles. The summed E-state index contributed by atoms with van der Waals surface area (Å²) < 4.78 is 30.2. The Morgan fingerprint density at radius 1 is 0.963 bits per heavy atom. The summed E-state index contributed by atoms with van der Waals surface area (Å²) in [5.41, 5.74) is 3.51. The molecule has 2 aromatic carbocycles. The SMILES string of the molecule is Cc1nc(CCc2cn3c(n2)-c2c(F)cccc2C3)nc2c(F)cccc12. The molecule has 0 fully saturated rings. The Kier molecular flexibility index (Phi) is 3.53. The summed E-state index contributed by atoms with van der Waals surface area (Å²) in [5.74, 6) is 0.671. The van der Waals surface area contributed by atoms with Gasteiger partial charge in [0.15, 0.2) is 0 Å². The van der Waals surface area contributed by atoms with E-state index in [1.165, 1.54) is 12.1 Å². The van der Waals surface area contributed by atoms with Gasteiger partial charge in [-0.3, -0.25) is 0 Å². The fourth-order valence-corrected chi connectivity index (χ4v) is 3.73. The van der Waals surface area contributed by atoms with Crippen LogP contribution in [-0.2, 0) is 19.4 Å². The van der Waals surface area contributed by atoms with Crippen LogP contribution in [0.3, 0.4) is 0 Å². The van der Waals surface area contributed by atoms with Crippen LogP contribution in [0.2, 0.25) is 0 Å². The molecule has 6 heteroatoms. The molecule has 0 saturated heterocycles. The Morgan fingerprint density at radius 2 is 1.78 bits per heavy atom. The van der Waals surface area contributed by atoms with E-state index in [1.807, 2.05) is 29.8 Å². The van der Waals surface area contributed by atoms with E-state index in [-0.39, 0.29) is 11.6 Å². The molecule has 4 aromatic rings. The van der Waals surface area contributed by atoms with Crippen molar-refractivity contribution in [2.75, 3.05) is 0 Å². The van der Waals surface area contributed by atoms with Gasteiger partial charge < -0.3 is 4.57 Å². The summed E-state index contributed by atoms with van der Waals surface area (Å²) in [6.07, 6.45) is 3.11. The number of hydrogen-bond donors (Lipinski definition) is 0. The topological polar surface area (TPSA) is 43.6 Å². The van der Waals surface area contributed by atoms with Crippen LogP contribution in [0.1, 0.15) is 22.8 Å². The van der Waals surface area contributed by atoms with Gasteiger partial charge in [0, 0.05) is 30.2 Å². The molecule has 0 saturated carbocycles. The molecule has 3 heterocycles. The number of fused-ring (bicyclic) bond motifs is 4. The van der Waals surface area contributed by atoms with Gasteiger partial charge >= 0.3 is 0 Å². The van der Waals surface area contributed by atoms with Gasteiger partial charge in [-0.1, -0.05) is 24.3 Å². The van der Waals surface area contributed by atoms with E-state index in [1.54, 1.807) is 12.1 Å². The van der Waals surface area contributed by atoms with Crippen molar-refractivity contribution in [1.29, 1.82) is 0 Å². The van der Waals surface area contributed by atoms with Crippen molar-refractivity contribution in [3.63, 3.8) is 0 Å². The third kappa shape index (κ3) is 2.60. The molecule has 2 aromatic heterocycles. The first-order chi connectivity index (χ1) is 13.1. The molecule has 1 aliphatic heterocycles. The minimum Gasteiger partial charge on any atom is -0.326 e. The van der Waals surface area contributed by atoms with Crippen molar-refractivity contribution in [2.45, 2.75) is 26.3 Å². The highest BCUT2D eigenvalue weighted by Crippen LogP contribution is 2.33. The number of halogens is 2. The highest BCUT2D eigenvalue weighted by molar-refractivity contribution is 5.81. The van der Waals surface area contributed by atoms with Crippen molar-refractivity contribution in [3.8, 4) is 11.4 Å². The van der Waals surface area contributed by atoms with Crippen LogP contribution in [0.15, 0.2) is 42.6 Å². The summed E-state index contributed by atoms with van der Waals surface area (Å²) in [6.45, 7) is 2.49. The number of rotatable bonds is 3. The van der Waals surface area contributed by atoms with Gasteiger partial charge in [0.25, 0.3) is 0 Å². The molecule has 0 radical (unpaired) electrons. The first-order valence-electron chi connectivity index (χ1n) is 8.86. The van der Waals surface area contributed by atoms with Crippen LogP contribution < -0.4 is 0 Å². The predicted octanol–water partition coefficient (Wildman–Crippen LogP) is 4.23. The minimum atomic E-state index is -0.340. The number of imidazole rings is 1. The number of benzene rings is 2. The van der Waals surface area contributed by atoms with Gasteiger partial charge in [-0.2, -0.15) is 0 Å². The first-order valence-corrected chi connectivity index (χ1v) is 8.86. The average molecular weight is 362 g/mol. The van der Waals surface area contributed by atoms with E-state index in [4.69, 9.17) is 0 Å². The van der Waals surface area contributed by atoms with Crippen LogP contribution in [0.25, 0.3) is 22.3 Å². The molecule has 1 aliphatic rings. The zero-order chi connectivity index (χ0) is 18.5. The van der Waals surface area contributed by atoms with Gasteiger partial charge in [-0.05, 0) is 31.0 Å². The summed E-state index contributed by atoms with van der Waals surface area (Å²) in [6, 6.07) is 10.0. The molecule has 0 N–H and O–H groups in total. The Labute approximate surface area is 154 Å². The lowest BCUT2D eigenvalue weighted by Crippen LogP contribution is -2.02. The second-order valence-electron chi connectivity index (χ2n) is 6.82. The zero-order valence-corrected chi connectivity index (χ0v) is 14.7. The molecular weight excluding hydrogens is 346 g/mol. The Morgan fingerprint density at radius 3 is 2.67 bits per heavy atom. The van der Waals surface area contributed by atoms with Crippen molar-refractivity contribution >= 4 is 10.9 Å². The quantitative estimate of drug-likeness (QED) is 0.482. The third-order valence-corrected chi connectivity index (χ3v) is 5.01. The fourth-order valence-electron chi connectivity index (χ4n) is 3.73. The van der Waals surface area contributed by atoms with Gasteiger partial charge in [0.1, 0.15) is 28.8 Å². The molecular formula is C21H16F2N4. The summed E-state index contributed by atoms with van der Waals surface area (Å²) in [4.78, 5) is 13.5. The standard InChI is InChI=1S/C21H16F2N4/c1-12-15-5-3-7-17(23)20(15)26-18(24-12)9-8-14-11-27-10-13-4-2-6-16(22)19(13)21(27)25-14/h2-7,11H,8-10H2,1H3. The van der Waals surface area contributed by atoms with Crippen molar-refractivity contribution in [1.82, 2.24) is 19.5 Å². The molecule has 5 rings (SSSR count). The average Bonchev–Trinajstić information content (AvgIpc) is 3.18. The number of aromatic nitrogens is 4. The van der Waals surface area contributed by atoms with Gasteiger partial charge in [-0.15, -0.1) is 0 Å². The number of hydrogen-bond acceptors (Lipinski definition) is 3. The van der Waals surface area contributed by atoms with E-state index in [9.17, 15) is 8.78 Å². The lowest BCUT2D eigenvalue weighted by atomic mass is 10.1. The monoisotopic (exact) mass is 362 g/mol. The Bertz CT molecular complexity index is 1200. The highest BCUT2D eigenvalue weighted by atomic mass is 19.1. The Balaban J connectivity index is 1.43. The molecule has 27 heavy (non-hydrogen) atoms. The number of aryl methyl sites for hydroxylation is 3. The third-order valence-electron chi connectivity index (χ3n) is 5.01. The van der Waals surface area contributed by atoms with E-state index in [0.717, 1.165) is 22.3 Å². The van der Waals surface area contributed by atoms with Crippen LogP contribution >= 0.6 is 0 Å². The van der Waals surface area contributed by atoms with Crippen LogP contribution in [0.4, 0.5) is 8.78 Å². The van der Waals surface area contributed by atoms with Crippen molar-refractivity contribution < 1.29 is 8.78 Å². The lowest BCUT2D eigenvalue weighted by molar-refractivity contribution is 0.630. The largest absolute Gasteiger partial charge is 0.326 e. The van der Waals surface area contributed by atoms with Crippen LogP contribution in [0.5, 0.6) is 0 Å². The van der Waals surface area contributed by atoms with Gasteiger partial charge in [0.05, 0.1) is 11.3 Å². The maximum absolute atomic E-state index is 14.2. The molecule has 0 atom stereocenters. The summed E-state index contributed by atoms with van der Waals surface area (Å²) >= 11 is 0. The van der Waals surface area contributed by atoms with Crippen LogP contribution in [0, 0.1) is 18.6 Å². The smallest absolute Gasteiger partial charge is 0.149 e. The van der Waals surface area contributed by atoms with E-state index < -0.39 is 0 Å². The lowest BCUT2D eigenvalue weighted by Gasteiger charge is -2.06. The fraction of sp³-hybridized carbons (Fsp3) is 0.190. The van der Waals surface area contributed by atoms with Gasteiger partial charge in [-0.25, -0.2) is 23.7 Å². The Hall–Kier alpha value is -3.15. The zero-order valence-electron chi connectivity index (χ0n) is 14.7. The van der Waals surface area contributed by atoms with E-state index in [0.29, 0.717) is 42.1 Å². The molecule has 0 spiro atoms. The molecule has 134 valence electrons. The molecule has 4 nitrogen and oxygen atoms in total. The normalized spacial score (nSPS) is 12.4. The maximum atomic E-state index is 14.2. The van der Waals surface area contributed by atoms with E-state index >= 15 is 0 Å². The summed E-state index contributed by atoms with van der Waals surface area (Å²) in [5, 5.41) is 0.729. The first kappa shape index (κ1) is 16.1. The summed E-state index contributed by atoms with van der Waals surface area (Å²) in [7, 11) is 0. The maximum Gasteiger partial charge on any atom is 0.149 e. The van der Waals surface area contributed by atoms with E-state index in [2.05, 4.69) is 15.0 Å². The molecule has 0 amide bonds. The molecule has 0 bridgehead atoms. The van der Waals surface area contributed by atoms with Crippen molar-refractivity contribution in [3.05, 3.63) is 77.0 Å². The number of para-hydroxylation sites is 1. The second kappa shape index (κ2) is 5.94.